The molecule has 70 valence electrons. The summed E-state index contributed by atoms with van der Waals surface area (Å²) < 4.78 is 0. The van der Waals surface area contributed by atoms with E-state index in [1.54, 1.807) is 0 Å². The van der Waals surface area contributed by atoms with Gasteiger partial charge in [-0.15, -0.1) is 0 Å². The van der Waals surface area contributed by atoms with Gasteiger partial charge < -0.3 is 5.11 Å². The molecule has 0 unspecified atom stereocenters. The molecule has 1 N–H and O–H groups in total. The average molecular weight is 197 g/mol. The van der Waals surface area contributed by atoms with Crippen molar-refractivity contribution in [2.24, 2.45) is 5.41 Å². The van der Waals surface area contributed by atoms with E-state index in [9.17, 15) is 0 Å². The SMILES string of the molecule is C[C@@]1(CO)C[C@H]1c1ccc(Cl)cc1. The second kappa shape index (κ2) is 3.00. The van der Waals surface area contributed by atoms with Crippen molar-refractivity contribution in [3.8, 4) is 0 Å². The number of rotatable bonds is 2. The Labute approximate surface area is 83.3 Å². The zero-order chi connectivity index (χ0) is 9.47. The number of benzene rings is 1. The van der Waals surface area contributed by atoms with Crippen LogP contribution >= 0.6 is 11.6 Å². The molecular weight excluding hydrogens is 184 g/mol. The number of halogens is 1. The molecule has 1 fully saturated rings. The fourth-order valence-corrected chi connectivity index (χ4v) is 1.92. The van der Waals surface area contributed by atoms with Crippen LogP contribution in [0.25, 0.3) is 0 Å². The second-order valence-corrected chi connectivity index (χ2v) is 4.56. The van der Waals surface area contributed by atoms with Crippen LogP contribution in [-0.4, -0.2) is 11.7 Å². The quantitative estimate of drug-likeness (QED) is 0.772. The van der Waals surface area contributed by atoms with Gasteiger partial charge in [-0.2, -0.15) is 0 Å². The van der Waals surface area contributed by atoms with Crippen LogP contribution in [-0.2, 0) is 0 Å². The van der Waals surface area contributed by atoms with Crippen molar-refractivity contribution in [1.29, 1.82) is 0 Å². The van der Waals surface area contributed by atoms with Gasteiger partial charge in [0.2, 0.25) is 0 Å². The van der Waals surface area contributed by atoms with Gasteiger partial charge in [0.25, 0.3) is 0 Å². The Hall–Kier alpha value is -0.530. The summed E-state index contributed by atoms with van der Waals surface area (Å²) in [5.74, 6) is 0.523. The van der Waals surface area contributed by atoms with E-state index in [4.69, 9.17) is 16.7 Å². The second-order valence-electron chi connectivity index (χ2n) is 4.12. The summed E-state index contributed by atoms with van der Waals surface area (Å²) in [5, 5.41) is 9.90. The van der Waals surface area contributed by atoms with Crippen LogP contribution < -0.4 is 0 Å². The topological polar surface area (TPSA) is 20.2 Å². The highest BCUT2D eigenvalue weighted by molar-refractivity contribution is 6.30. The first-order valence-corrected chi connectivity index (χ1v) is 4.90. The largest absolute Gasteiger partial charge is 0.396 e. The lowest BCUT2D eigenvalue weighted by Gasteiger charge is -2.06. The minimum absolute atomic E-state index is 0.119. The molecule has 1 aromatic rings. The third-order valence-electron chi connectivity index (χ3n) is 2.99. The maximum atomic E-state index is 9.13. The van der Waals surface area contributed by atoms with E-state index in [1.165, 1.54) is 5.56 Å². The molecule has 0 amide bonds. The molecule has 2 rings (SSSR count). The molecule has 0 spiro atoms. The smallest absolute Gasteiger partial charge is 0.0490 e. The lowest BCUT2D eigenvalue weighted by atomic mass is 10.0. The predicted molar refractivity (Wildman–Crippen MR) is 54.0 cm³/mol. The van der Waals surface area contributed by atoms with E-state index in [-0.39, 0.29) is 12.0 Å². The van der Waals surface area contributed by atoms with Crippen molar-refractivity contribution in [1.82, 2.24) is 0 Å². The van der Waals surface area contributed by atoms with E-state index in [0.29, 0.717) is 5.92 Å². The normalized spacial score (nSPS) is 31.8. The fraction of sp³-hybridized carbons (Fsp3) is 0.455. The van der Waals surface area contributed by atoms with Crippen molar-refractivity contribution in [3.63, 3.8) is 0 Å². The summed E-state index contributed by atoms with van der Waals surface area (Å²) in [6.45, 7) is 2.40. The lowest BCUT2D eigenvalue weighted by molar-refractivity contribution is 0.220. The first-order valence-electron chi connectivity index (χ1n) is 4.52. The highest BCUT2D eigenvalue weighted by Gasteiger charge is 2.50. The Kier molecular flexibility index (Phi) is 2.09. The molecule has 0 aliphatic heterocycles. The summed E-state index contributed by atoms with van der Waals surface area (Å²) >= 11 is 5.79. The van der Waals surface area contributed by atoms with Crippen molar-refractivity contribution in [2.45, 2.75) is 19.3 Å². The van der Waals surface area contributed by atoms with Crippen LogP contribution in [0.15, 0.2) is 24.3 Å². The maximum Gasteiger partial charge on any atom is 0.0490 e. The highest BCUT2D eigenvalue weighted by atomic mass is 35.5. The number of hydrogen-bond acceptors (Lipinski definition) is 1. The predicted octanol–water partition coefficient (Wildman–Crippen LogP) is 2.83. The van der Waals surface area contributed by atoms with Gasteiger partial charge >= 0.3 is 0 Å². The summed E-state index contributed by atoms with van der Waals surface area (Å²) in [7, 11) is 0. The molecule has 0 bridgehead atoms. The van der Waals surface area contributed by atoms with E-state index in [0.717, 1.165) is 11.4 Å². The summed E-state index contributed by atoms with van der Waals surface area (Å²) in [6, 6.07) is 7.92. The molecular formula is C11H13ClO. The van der Waals surface area contributed by atoms with Crippen molar-refractivity contribution >= 4 is 11.6 Å². The fourth-order valence-electron chi connectivity index (χ4n) is 1.80. The molecule has 2 heteroatoms. The van der Waals surface area contributed by atoms with Gasteiger partial charge in [-0.1, -0.05) is 30.7 Å². The van der Waals surface area contributed by atoms with E-state index < -0.39 is 0 Å². The Morgan fingerprint density at radius 1 is 1.46 bits per heavy atom. The van der Waals surface area contributed by atoms with Gasteiger partial charge in [0.15, 0.2) is 0 Å². The van der Waals surface area contributed by atoms with Crippen molar-refractivity contribution < 1.29 is 5.11 Å². The zero-order valence-electron chi connectivity index (χ0n) is 7.63. The first-order chi connectivity index (χ1) is 6.15. The number of hydrogen-bond donors (Lipinski definition) is 1. The molecule has 1 nitrogen and oxygen atoms in total. The maximum absolute atomic E-state index is 9.13. The van der Waals surface area contributed by atoms with Gasteiger partial charge in [-0.3, -0.25) is 0 Å². The highest BCUT2D eigenvalue weighted by Crippen LogP contribution is 2.58. The van der Waals surface area contributed by atoms with Gasteiger partial charge in [0.1, 0.15) is 0 Å². The monoisotopic (exact) mass is 196 g/mol. The molecule has 1 saturated carbocycles. The van der Waals surface area contributed by atoms with Crippen LogP contribution in [0.2, 0.25) is 5.02 Å². The molecule has 1 aliphatic rings. The molecule has 2 atom stereocenters. The zero-order valence-corrected chi connectivity index (χ0v) is 8.38. The van der Waals surface area contributed by atoms with Crippen LogP contribution in [0.1, 0.15) is 24.8 Å². The lowest BCUT2D eigenvalue weighted by Crippen LogP contribution is -2.02. The van der Waals surface area contributed by atoms with Gasteiger partial charge in [-0.25, -0.2) is 0 Å². The van der Waals surface area contributed by atoms with Gasteiger partial charge in [0.05, 0.1) is 0 Å². The van der Waals surface area contributed by atoms with Crippen LogP contribution in [0.3, 0.4) is 0 Å². The molecule has 0 heterocycles. The molecule has 0 radical (unpaired) electrons. The van der Waals surface area contributed by atoms with Crippen LogP contribution in [0.5, 0.6) is 0 Å². The Morgan fingerprint density at radius 3 is 2.54 bits per heavy atom. The third-order valence-corrected chi connectivity index (χ3v) is 3.24. The third kappa shape index (κ3) is 1.59. The molecule has 0 aromatic heterocycles. The summed E-state index contributed by atoms with van der Waals surface area (Å²) in [4.78, 5) is 0. The minimum atomic E-state index is 0.119. The first kappa shape index (κ1) is 9.04. The van der Waals surface area contributed by atoms with E-state index in [1.807, 2.05) is 24.3 Å². The van der Waals surface area contributed by atoms with Crippen molar-refractivity contribution in [2.75, 3.05) is 6.61 Å². The molecule has 1 aliphatic carbocycles. The molecule has 0 saturated heterocycles. The van der Waals surface area contributed by atoms with Gasteiger partial charge in [0, 0.05) is 11.6 Å². The molecule has 1 aromatic carbocycles. The molecule has 13 heavy (non-hydrogen) atoms. The average Bonchev–Trinajstić information content (AvgIpc) is 2.81. The Balaban J connectivity index is 2.16. The number of aliphatic hydroxyl groups is 1. The standard InChI is InChI=1S/C11H13ClO/c1-11(7-13)6-10(11)8-2-4-9(12)5-3-8/h2-5,10,13H,6-7H2,1H3/t10-,11-/m0/s1. The van der Waals surface area contributed by atoms with Crippen LogP contribution in [0, 0.1) is 5.41 Å². The van der Waals surface area contributed by atoms with E-state index in [2.05, 4.69) is 6.92 Å². The van der Waals surface area contributed by atoms with E-state index >= 15 is 0 Å². The Bertz CT molecular complexity index is 306. The van der Waals surface area contributed by atoms with Crippen LogP contribution in [0.4, 0.5) is 0 Å². The summed E-state index contributed by atoms with van der Waals surface area (Å²) in [5.41, 5.74) is 1.41. The van der Waals surface area contributed by atoms with Gasteiger partial charge in [-0.05, 0) is 35.4 Å². The number of aliphatic hydroxyl groups excluding tert-OH is 1. The summed E-state index contributed by atoms with van der Waals surface area (Å²) in [6.07, 6.45) is 1.09. The Morgan fingerprint density at radius 2 is 2.08 bits per heavy atom. The minimum Gasteiger partial charge on any atom is -0.396 e. The van der Waals surface area contributed by atoms with Crippen molar-refractivity contribution in [3.05, 3.63) is 34.9 Å².